The minimum Gasteiger partial charge on any atom is -0.326 e. The van der Waals surface area contributed by atoms with Gasteiger partial charge >= 0.3 is 6.03 Å². The SMILES string of the molecule is Cc1cccc(C2=NC(c3ccc(Cl)cc3)C3N2C(=O)N2CC(=O)NC4=C2C3(C)C=CC4(C)C)c1. The Bertz CT molecular complexity index is 1370. The molecule has 0 saturated carbocycles. The highest BCUT2D eigenvalue weighted by Gasteiger charge is 2.61. The first-order valence-corrected chi connectivity index (χ1v) is 12.2. The zero-order valence-corrected chi connectivity index (χ0v) is 20.9. The van der Waals surface area contributed by atoms with Crippen LogP contribution in [0.4, 0.5) is 4.79 Å². The van der Waals surface area contributed by atoms with Gasteiger partial charge in [-0.15, -0.1) is 0 Å². The summed E-state index contributed by atoms with van der Waals surface area (Å²) in [6.45, 7) is 8.30. The van der Waals surface area contributed by atoms with Gasteiger partial charge < -0.3 is 5.32 Å². The molecule has 2 aromatic rings. The van der Waals surface area contributed by atoms with E-state index in [0.717, 1.165) is 28.1 Å². The first kappa shape index (κ1) is 22.1. The molecule has 7 heteroatoms. The molecule has 0 spiro atoms. The van der Waals surface area contributed by atoms with Crippen molar-refractivity contribution in [2.75, 3.05) is 6.54 Å². The number of hydrogen-bond donors (Lipinski definition) is 1. The van der Waals surface area contributed by atoms with Gasteiger partial charge in [0.2, 0.25) is 5.91 Å². The number of amidine groups is 1. The molecular weight excluding hydrogens is 460 g/mol. The van der Waals surface area contributed by atoms with Crippen LogP contribution in [0, 0.1) is 17.8 Å². The summed E-state index contributed by atoms with van der Waals surface area (Å²) in [6, 6.07) is 15.0. The molecule has 3 atom stereocenters. The molecule has 6 rings (SSSR count). The number of aryl methyl sites for hydroxylation is 1. The number of aliphatic imine (C=N–C) groups is 1. The summed E-state index contributed by atoms with van der Waals surface area (Å²) in [5.41, 5.74) is 3.67. The van der Waals surface area contributed by atoms with E-state index in [1.54, 1.807) is 4.90 Å². The summed E-state index contributed by atoms with van der Waals surface area (Å²) in [4.78, 5) is 35.6. The molecule has 35 heavy (non-hydrogen) atoms. The third-order valence-corrected chi connectivity index (χ3v) is 7.93. The third kappa shape index (κ3) is 3.12. The number of fused-ring (bicyclic) bond motifs is 2. The molecule has 1 fully saturated rings. The molecule has 1 saturated heterocycles. The lowest BCUT2D eigenvalue weighted by atomic mass is 9.64. The van der Waals surface area contributed by atoms with E-state index in [9.17, 15) is 9.59 Å². The normalized spacial score (nSPS) is 28.5. The number of urea groups is 1. The number of rotatable bonds is 2. The van der Waals surface area contributed by atoms with Crippen LogP contribution < -0.4 is 5.32 Å². The van der Waals surface area contributed by atoms with Gasteiger partial charge in [-0.1, -0.05) is 73.5 Å². The van der Waals surface area contributed by atoms with Crippen LogP contribution in [0.2, 0.25) is 5.02 Å². The number of hydrogen-bond acceptors (Lipinski definition) is 3. The Labute approximate surface area is 210 Å². The molecule has 6 nitrogen and oxygen atoms in total. The lowest BCUT2D eigenvalue weighted by Gasteiger charge is -2.56. The molecule has 1 N–H and O–H groups in total. The van der Waals surface area contributed by atoms with Crippen LogP contribution in [0.1, 0.15) is 43.5 Å². The highest BCUT2D eigenvalue weighted by atomic mass is 35.5. The van der Waals surface area contributed by atoms with Crippen LogP contribution in [0.25, 0.3) is 0 Å². The lowest BCUT2D eigenvalue weighted by molar-refractivity contribution is -0.122. The predicted molar refractivity (Wildman–Crippen MR) is 136 cm³/mol. The molecule has 3 aliphatic heterocycles. The summed E-state index contributed by atoms with van der Waals surface area (Å²) in [7, 11) is 0. The quantitative estimate of drug-likeness (QED) is 0.593. The van der Waals surface area contributed by atoms with E-state index < -0.39 is 10.8 Å². The van der Waals surface area contributed by atoms with E-state index in [2.05, 4.69) is 44.3 Å². The molecule has 0 aromatic heterocycles. The number of nitrogens with one attached hydrogen (secondary N) is 1. The van der Waals surface area contributed by atoms with Crippen molar-refractivity contribution in [3.63, 3.8) is 0 Å². The van der Waals surface area contributed by atoms with Crippen LogP contribution in [0.3, 0.4) is 0 Å². The fourth-order valence-electron chi connectivity index (χ4n) is 5.96. The Morgan fingerprint density at radius 3 is 2.51 bits per heavy atom. The fourth-order valence-corrected chi connectivity index (χ4v) is 6.08. The van der Waals surface area contributed by atoms with E-state index in [1.807, 2.05) is 54.3 Å². The zero-order valence-electron chi connectivity index (χ0n) is 20.2. The summed E-state index contributed by atoms with van der Waals surface area (Å²) in [5, 5.41) is 3.75. The van der Waals surface area contributed by atoms with Crippen molar-refractivity contribution < 1.29 is 9.59 Å². The van der Waals surface area contributed by atoms with E-state index in [4.69, 9.17) is 16.6 Å². The van der Waals surface area contributed by atoms with Crippen LogP contribution in [0.5, 0.6) is 0 Å². The Morgan fingerprint density at radius 1 is 1.06 bits per heavy atom. The van der Waals surface area contributed by atoms with Crippen molar-refractivity contribution in [1.29, 1.82) is 0 Å². The van der Waals surface area contributed by atoms with Gasteiger partial charge in [0.1, 0.15) is 12.4 Å². The fraction of sp³-hybridized carbons (Fsp3) is 0.321. The largest absolute Gasteiger partial charge is 0.330 e. The predicted octanol–water partition coefficient (Wildman–Crippen LogP) is 5.20. The lowest BCUT2D eigenvalue weighted by Crippen LogP contribution is -2.67. The van der Waals surface area contributed by atoms with Crippen LogP contribution in [-0.2, 0) is 4.79 Å². The Kier molecular flexibility index (Phi) is 4.62. The summed E-state index contributed by atoms with van der Waals surface area (Å²) >= 11 is 6.20. The second-order valence-electron chi connectivity index (χ2n) is 10.6. The number of nitrogens with zero attached hydrogens (tertiary/aromatic N) is 3. The molecule has 1 aliphatic carbocycles. The van der Waals surface area contributed by atoms with Gasteiger partial charge in [0.25, 0.3) is 0 Å². The Balaban J connectivity index is 1.60. The highest BCUT2D eigenvalue weighted by Crippen LogP contribution is 2.56. The minimum atomic E-state index is -0.564. The van der Waals surface area contributed by atoms with Crippen molar-refractivity contribution >= 4 is 29.4 Å². The van der Waals surface area contributed by atoms with Gasteiger partial charge in [0.05, 0.1) is 23.2 Å². The molecular formula is C28H27ClN4O2. The number of halogens is 1. The third-order valence-electron chi connectivity index (χ3n) is 7.68. The van der Waals surface area contributed by atoms with E-state index in [0.29, 0.717) is 10.9 Å². The molecule has 3 amide bonds. The summed E-state index contributed by atoms with van der Waals surface area (Å²) < 4.78 is 0. The number of benzene rings is 2. The number of carbonyl (C=O) groups excluding carboxylic acids is 2. The van der Waals surface area contributed by atoms with Gasteiger partial charge in [0, 0.05) is 21.7 Å². The van der Waals surface area contributed by atoms with Crippen molar-refractivity contribution in [2.45, 2.75) is 39.8 Å². The van der Waals surface area contributed by atoms with E-state index in [1.165, 1.54) is 0 Å². The molecule has 0 radical (unpaired) electrons. The average Bonchev–Trinajstić information content (AvgIpc) is 3.23. The van der Waals surface area contributed by atoms with Crippen LogP contribution in [-0.4, -0.2) is 40.2 Å². The molecule has 4 aliphatic rings. The summed E-state index contributed by atoms with van der Waals surface area (Å²) in [6.07, 6.45) is 4.35. The second kappa shape index (κ2) is 7.31. The number of allylic oxidation sites excluding steroid dienone is 1. The van der Waals surface area contributed by atoms with Crippen molar-refractivity contribution in [3.05, 3.63) is 93.8 Å². The van der Waals surface area contributed by atoms with Gasteiger partial charge in [-0.3, -0.25) is 19.6 Å². The maximum absolute atomic E-state index is 14.2. The minimum absolute atomic E-state index is 0.00684. The van der Waals surface area contributed by atoms with Crippen molar-refractivity contribution in [2.24, 2.45) is 15.8 Å². The second-order valence-corrected chi connectivity index (χ2v) is 11.0. The summed E-state index contributed by atoms with van der Waals surface area (Å²) in [5.74, 6) is 0.457. The monoisotopic (exact) mass is 486 g/mol. The topological polar surface area (TPSA) is 65.0 Å². The molecule has 0 bridgehead atoms. The Morgan fingerprint density at radius 2 is 1.80 bits per heavy atom. The molecule has 178 valence electrons. The van der Waals surface area contributed by atoms with E-state index >= 15 is 0 Å². The zero-order chi connectivity index (χ0) is 24.7. The maximum atomic E-state index is 14.2. The molecule has 3 unspecified atom stereocenters. The van der Waals surface area contributed by atoms with Crippen LogP contribution in [0.15, 0.2) is 77.1 Å². The number of amides is 3. The first-order chi connectivity index (χ1) is 16.6. The Hall–Kier alpha value is -3.38. The smallest absolute Gasteiger partial charge is 0.326 e. The number of carbonyl (C=O) groups is 2. The molecule has 3 heterocycles. The maximum Gasteiger partial charge on any atom is 0.330 e. The van der Waals surface area contributed by atoms with Gasteiger partial charge in [-0.2, -0.15) is 0 Å². The standard InChI is InChI=1S/C28H27ClN4O2/c1-16-6-5-7-18(14-16)25-31-21(17-8-10-19(29)11-9-17)23-28(4)13-12-27(2,3)22-24(28)32(15-20(34)30-22)26(35)33(23)25/h5-14,21,23H,15H2,1-4H3,(H,30,34). The van der Waals surface area contributed by atoms with E-state index in [-0.39, 0.29) is 30.6 Å². The van der Waals surface area contributed by atoms with Gasteiger partial charge in [-0.25, -0.2) is 4.79 Å². The van der Waals surface area contributed by atoms with Crippen molar-refractivity contribution in [1.82, 2.24) is 15.1 Å². The van der Waals surface area contributed by atoms with Gasteiger partial charge in [0.15, 0.2) is 0 Å². The first-order valence-electron chi connectivity index (χ1n) is 11.9. The van der Waals surface area contributed by atoms with Gasteiger partial charge in [-0.05, 0) is 37.6 Å². The van der Waals surface area contributed by atoms with Crippen molar-refractivity contribution in [3.8, 4) is 0 Å². The average molecular weight is 487 g/mol. The van der Waals surface area contributed by atoms with Crippen LogP contribution >= 0.6 is 11.6 Å². The highest BCUT2D eigenvalue weighted by molar-refractivity contribution is 6.30. The molecule has 2 aromatic carbocycles.